The van der Waals surface area contributed by atoms with Gasteiger partial charge in [-0.1, -0.05) is 17.7 Å². The lowest BCUT2D eigenvalue weighted by Crippen LogP contribution is -2.19. The number of hydrogen-bond donors (Lipinski definition) is 1. The van der Waals surface area contributed by atoms with Crippen molar-refractivity contribution in [3.05, 3.63) is 59.7 Å². The van der Waals surface area contributed by atoms with Crippen molar-refractivity contribution < 1.29 is 13.2 Å². The summed E-state index contributed by atoms with van der Waals surface area (Å²) in [5.74, 6) is 0.768. The molecule has 0 fully saturated rings. The van der Waals surface area contributed by atoms with E-state index in [4.69, 9.17) is 4.74 Å². The number of hydrazone groups is 1. The number of hydrogen-bond acceptors (Lipinski definition) is 4. The minimum absolute atomic E-state index is 0.186. The molecule has 23 heavy (non-hydrogen) atoms. The van der Waals surface area contributed by atoms with Gasteiger partial charge in [0.15, 0.2) is 0 Å². The van der Waals surface area contributed by atoms with Crippen molar-refractivity contribution in [2.75, 3.05) is 6.61 Å². The second-order valence-electron chi connectivity index (χ2n) is 5.06. The Balaban J connectivity index is 2.13. The van der Waals surface area contributed by atoms with Crippen LogP contribution in [0.5, 0.6) is 5.75 Å². The van der Waals surface area contributed by atoms with E-state index < -0.39 is 10.0 Å². The van der Waals surface area contributed by atoms with Gasteiger partial charge < -0.3 is 4.74 Å². The average molecular weight is 332 g/mol. The Hall–Kier alpha value is -2.34. The summed E-state index contributed by atoms with van der Waals surface area (Å²) in [5, 5.41) is 3.98. The number of aryl methyl sites for hydroxylation is 1. The zero-order valence-corrected chi connectivity index (χ0v) is 14.2. The third-order valence-corrected chi connectivity index (χ3v) is 4.47. The second-order valence-corrected chi connectivity index (χ2v) is 6.72. The summed E-state index contributed by atoms with van der Waals surface area (Å²) in [6.07, 6.45) is 0. The van der Waals surface area contributed by atoms with Gasteiger partial charge in [0.2, 0.25) is 0 Å². The highest BCUT2D eigenvalue weighted by Crippen LogP contribution is 2.13. The summed E-state index contributed by atoms with van der Waals surface area (Å²) in [7, 11) is -3.66. The maximum atomic E-state index is 12.2. The molecule has 0 aromatic heterocycles. The van der Waals surface area contributed by atoms with E-state index in [1.54, 1.807) is 31.2 Å². The molecule has 2 aromatic carbocycles. The third kappa shape index (κ3) is 4.56. The first-order valence-electron chi connectivity index (χ1n) is 7.28. The number of rotatable bonds is 6. The van der Waals surface area contributed by atoms with Crippen molar-refractivity contribution in [2.24, 2.45) is 5.10 Å². The molecule has 0 aliphatic carbocycles. The standard InChI is InChI=1S/C17H20N2O3S/c1-4-22-16-9-7-15(8-10-16)14(3)18-19-23(20,21)17-11-5-13(2)6-12-17/h5-12,19H,4H2,1-3H3. The highest BCUT2D eigenvalue weighted by atomic mass is 32.2. The predicted molar refractivity (Wildman–Crippen MR) is 91.3 cm³/mol. The molecule has 0 saturated carbocycles. The molecule has 0 radical (unpaired) electrons. The quantitative estimate of drug-likeness (QED) is 0.653. The van der Waals surface area contributed by atoms with E-state index >= 15 is 0 Å². The highest BCUT2D eigenvalue weighted by Gasteiger charge is 2.12. The van der Waals surface area contributed by atoms with Crippen LogP contribution in [0.3, 0.4) is 0 Å². The molecule has 122 valence electrons. The molecule has 2 aromatic rings. The van der Waals surface area contributed by atoms with Crippen LogP contribution in [0.2, 0.25) is 0 Å². The summed E-state index contributed by atoms with van der Waals surface area (Å²) in [6, 6.07) is 13.9. The second kappa shape index (κ2) is 7.28. The van der Waals surface area contributed by atoms with Gasteiger partial charge in [-0.15, -0.1) is 0 Å². The molecule has 0 saturated heterocycles. The van der Waals surface area contributed by atoms with E-state index in [9.17, 15) is 8.42 Å². The number of nitrogens with one attached hydrogen (secondary N) is 1. The lowest BCUT2D eigenvalue weighted by molar-refractivity contribution is 0.340. The zero-order chi connectivity index (χ0) is 16.9. The van der Waals surface area contributed by atoms with Gasteiger partial charge in [0, 0.05) is 0 Å². The number of sulfonamides is 1. The Kier molecular flexibility index (Phi) is 5.39. The minimum atomic E-state index is -3.66. The molecule has 0 bridgehead atoms. The van der Waals surface area contributed by atoms with E-state index in [1.165, 1.54) is 0 Å². The van der Waals surface area contributed by atoms with E-state index in [1.807, 2.05) is 38.1 Å². The van der Waals surface area contributed by atoms with E-state index in [0.29, 0.717) is 12.3 Å². The van der Waals surface area contributed by atoms with Crippen LogP contribution >= 0.6 is 0 Å². The smallest absolute Gasteiger partial charge is 0.276 e. The Bertz CT molecular complexity index is 780. The first kappa shape index (κ1) is 17.0. The summed E-state index contributed by atoms with van der Waals surface area (Å²) >= 11 is 0. The molecule has 5 nitrogen and oxygen atoms in total. The Morgan fingerprint density at radius 3 is 2.26 bits per heavy atom. The molecule has 2 rings (SSSR count). The molecule has 0 heterocycles. The van der Waals surface area contributed by atoms with Crippen molar-refractivity contribution >= 4 is 15.7 Å². The van der Waals surface area contributed by atoms with Crippen LogP contribution in [-0.4, -0.2) is 20.7 Å². The molecule has 0 amide bonds. The first-order valence-corrected chi connectivity index (χ1v) is 8.76. The fourth-order valence-electron chi connectivity index (χ4n) is 1.92. The minimum Gasteiger partial charge on any atom is -0.494 e. The first-order chi connectivity index (χ1) is 10.9. The monoisotopic (exact) mass is 332 g/mol. The molecule has 0 unspecified atom stereocenters. The van der Waals surface area contributed by atoms with Gasteiger partial charge in [0.05, 0.1) is 17.2 Å². The van der Waals surface area contributed by atoms with Crippen LogP contribution in [0.1, 0.15) is 25.0 Å². The molecule has 0 aliphatic rings. The SMILES string of the molecule is CCOc1ccc(C(C)=NNS(=O)(=O)c2ccc(C)cc2)cc1. The molecule has 1 N–H and O–H groups in total. The van der Waals surface area contributed by atoms with Gasteiger partial charge in [-0.3, -0.25) is 0 Å². The number of nitrogens with zero attached hydrogens (tertiary/aromatic N) is 1. The number of benzene rings is 2. The van der Waals surface area contributed by atoms with Crippen LogP contribution in [0, 0.1) is 6.92 Å². The van der Waals surface area contributed by atoms with Crippen molar-refractivity contribution in [1.29, 1.82) is 0 Å². The highest BCUT2D eigenvalue weighted by molar-refractivity contribution is 7.89. The van der Waals surface area contributed by atoms with Crippen molar-refractivity contribution in [3.8, 4) is 5.75 Å². The molecular formula is C17H20N2O3S. The van der Waals surface area contributed by atoms with E-state index in [-0.39, 0.29) is 4.90 Å². The van der Waals surface area contributed by atoms with Gasteiger partial charge in [-0.05, 0) is 62.7 Å². The van der Waals surface area contributed by atoms with Crippen molar-refractivity contribution in [2.45, 2.75) is 25.7 Å². The zero-order valence-electron chi connectivity index (χ0n) is 13.4. The van der Waals surface area contributed by atoms with Crippen LogP contribution in [0.25, 0.3) is 0 Å². The fourth-order valence-corrected chi connectivity index (χ4v) is 2.78. The van der Waals surface area contributed by atoms with Crippen LogP contribution in [0.4, 0.5) is 0 Å². The van der Waals surface area contributed by atoms with Crippen molar-refractivity contribution in [3.63, 3.8) is 0 Å². The molecule has 0 aliphatic heterocycles. The van der Waals surface area contributed by atoms with Crippen LogP contribution in [0.15, 0.2) is 58.5 Å². The van der Waals surface area contributed by atoms with Gasteiger partial charge in [0.25, 0.3) is 10.0 Å². The maximum absolute atomic E-state index is 12.2. The Labute approximate surface area is 137 Å². The summed E-state index contributed by atoms with van der Waals surface area (Å²) in [6.45, 7) is 6.16. The number of ether oxygens (including phenoxy) is 1. The largest absolute Gasteiger partial charge is 0.494 e. The third-order valence-electron chi connectivity index (χ3n) is 3.25. The van der Waals surface area contributed by atoms with Crippen LogP contribution in [-0.2, 0) is 10.0 Å². The van der Waals surface area contributed by atoms with Crippen molar-refractivity contribution in [1.82, 2.24) is 4.83 Å². The fraction of sp³-hybridized carbons (Fsp3) is 0.235. The molecule has 0 spiro atoms. The Morgan fingerprint density at radius 1 is 1.09 bits per heavy atom. The van der Waals surface area contributed by atoms with Gasteiger partial charge >= 0.3 is 0 Å². The Morgan fingerprint density at radius 2 is 1.70 bits per heavy atom. The maximum Gasteiger partial charge on any atom is 0.276 e. The molecule has 0 atom stereocenters. The summed E-state index contributed by atoms with van der Waals surface area (Å²) < 4.78 is 29.7. The summed E-state index contributed by atoms with van der Waals surface area (Å²) in [5.41, 5.74) is 2.39. The normalized spacial score (nSPS) is 12.0. The van der Waals surface area contributed by atoms with E-state index in [0.717, 1.165) is 16.9 Å². The lowest BCUT2D eigenvalue weighted by Gasteiger charge is -2.07. The van der Waals surface area contributed by atoms with Crippen LogP contribution < -0.4 is 9.57 Å². The van der Waals surface area contributed by atoms with Gasteiger partial charge in [-0.2, -0.15) is 18.4 Å². The van der Waals surface area contributed by atoms with E-state index in [2.05, 4.69) is 9.93 Å². The molecule has 6 heteroatoms. The lowest BCUT2D eigenvalue weighted by atomic mass is 10.1. The summed E-state index contributed by atoms with van der Waals surface area (Å²) in [4.78, 5) is 2.45. The average Bonchev–Trinajstić information content (AvgIpc) is 2.54. The predicted octanol–water partition coefficient (Wildman–Crippen LogP) is 3.10. The van der Waals surface area contributed by atoms with Gasteiger partial charge in [0.1, 0.15) is 5.75 Å². The van der Waals surface area contributed by atoms with Gasteiger partial charge in [-0.25, -0.2) is 0 Å². The topological polar surface area (TPSA) is 67.8 Å². The molecular weight excluding hydrogens is 312 g/mol.